The van der Waals surface area contributed by atoms with Crippen molar-refractivity contribution < 1.29 is 23.0 Å². The van der Waals surface area contributed by atoms with Crippen LogP contribution >= 0.6 is 0 Å². The first-order valence-corrected chi connectivity index (χ1v) is 11.0. The van der Waals surface area contributed by atoms with Crippen LogP contribution in [0.4, 0.5) is 8.78 Å². The van der Waals surface area contributed by atoms with Crippen LogP contribution in [0.1, 0.15) is 42.5 Å². The van der Waals surface area contributed by atoms with Crippen LogP contribution in [0.3, 0.4) is 0 Å². The molecule has 0 radical (unpaired) electrons. The largest absolute Gasteiger partial charge is 0.486 e. The van der Waals surface area contributed by atoms with E-state index in [4.69, 9.17) is 4.74 Å². The highest BCUT2D eigenvalue weighted by Gasteiger charge is 2.73. The number of carbonyl (C=O) groups excluding carboxylic acids is 1. The highest BCUT2D eigenvalue weighted by molar-refractivity contribution is 5.93. The topological polar surface area (TPSA) is 78.6 Å². The van der Waals surface area contributed by atoms with Crippen molar-refractivity contribution in [3.05, 3.63) is 70.2 Å². The van der Waals surface area contributed by atoms with Gasteiger partial charge in [0.2, 0.25) is 0 Å². The zero-order valence-electron chi connectivity index (χ0n) is 18.6. The van der Waals surface area contributed by atoms with E-state index in [1.54, 1.807) is 46.3 Å². The van der Waals surface area contributed by atoms with Crippen LogP contribution in [-0.2, 0) is 12.0 Å². The Hall–Kier alpha value is -3.69. The molecule has 1 aliphatic carbocycles. The maximum Gasteiger partial charge on any atom is 0.387 e. The molecule has 2 aromatic heterocycles. The van der Waals surface area contributed by atoms with Gasteiger partial charge in [0, 0.05) is 37.8 Å². The van der Waals surface area contributed by atoms with Gasteiger partial charge in [0.05, 0.1) is 17.4 Å². The van der Waals surface area contributed by atoms with Gasteiger partial charge in [-0.15, -0.1) is 0 Å². The quantitative estimate of drug-likeness (QED) is 0.554. The second kappa shape index (κ2) is 7.66. The summed E-state index contributed by atoms with van der Waals surface area (Å²) in [5.74, 6) is 0.447. The molecule has 35 heavy (non-hydrogen) atoms. The Bertz CT molecular complexity index is 1400. The van der Waals surface area contributed by atoms with E-state index in [1.165, 1.54) is 10.6 Å². The summed E-state index contributed by atoms with van der Waals surface area (Å²) in [5, 5.41) is 0. The lowest BCUT2D eigenvalue weighted by atomic mass is 9.92. The molecule has 1 amide bonds. The predicted octanol–water partition coefficient (Wildman–Crippen LogP) is 3.53. The van der Waals surface area contributed by atoms with Crippen molar-refractivity contribution in [2.75, 3.05) is 13.1 Å². The zero-order valence-corrected chi connectivity index (χ0v) is 18.6. The summed E-state index contributed by atoms with van der Waals surface area (Å²) in [7, 11) is 0. The molecule has 0 N–H and O–H groups in total. The van der Waals surface area contributed by atoms with Gasteiger partial charge in [-0.1, -0.05) is 7.43 Å². The van der Waals surface area contributed by atoms with E-state index in [1.807, 2.05) is 13.8 Å². The van der Waals surface area contributed by atoms with E-state index in [0.717, 1.165) is 11.3 Å². The summed E-state index contributed by atoms with van der Waals surface area (Å²) in [6.07, 6.45) is 4.00. The first kappa shape index (κ1) is 23.1. The van der Waals surface area contributed by atoms with Crippen LogP contribution in [0.2, 0.25) is 0 Å². The SMILES string of the molecule is C.Cc1cn(-c2ccc3n(c2=O)CCN(C[C@]24C[C@@]2(C)Oc2ccc(OC(F)F)cc24)C3=O)cn1. The smallest absolute Gasteiger partial charge is 0.387 e. The Kier molecular flexibility index (Phi) is 5.05. The monoisotopic (exact) mass is 484 g/mol. The summed E-state index contributed by atoms with van der Waals surface area (Å²) in [5.41, 5.74) is 1.05. The van der Waals surface area contributed by atoms with Gasteiger partial charge in [0.1, 0.15) is 28.5 Å². The van der Waals surface area contributed by atoms with Crippen molar-refractivity contribution in [3.8, 4) is 17.2 Å². The summed E-state index contributed by atoms with van der Waals surface area (Å²) in [6.45, 7) is 1.97. The number of hydrogen-bond donors (Lipinski definition) is 0. The number of rotatable bonds is 5. The Labute approximate surface area is 200 Å². The molecule has 1 aromatic carbocycles. The van der Waals surface area contributed by atoms with Crippen molar-refractivity contribution in [2.24, 2.45) is 0 Å². The van der Waals surface area contributed by atoms with Crippen LogP contribution < -0.4 is 15.0 Å². The maximum absolute atomic E-state index is 13.4. The van der Waals surface area contributed by atoms with Gasteiger partial charge < -0.3 is 23.5 Å². The lowest BCUT2D eigenvalue weighted by molar-refractivity contribution is -0.0499. The molecule has 0 saturated heterocycles. The van der Waals surface area contributed by atoms with Crippen LogP contribution in [0.5, 0.6) is 11.5 Å². The number of hydrogen-bond acceptors (Lipinski definition) is 5. The fraction of sp³-hybridized carbons (Fsp3) is 0.400. The van der Waals surface area contributed by atoms with Crippen LogP contribution in [0.15, 0.2) is 47.7 Å². The number of benzene rings is 1. The molecule has 6 rings (SSSR count). The van der Waals surface area contributed by atoms with Crippen molar-refractivity contribution in [3.63, 3.8) is 0 Å². The molecular weight excluding hydrogens is 458 g/mol. The molecule has 0 bridgehead atoms. The zero-order chi connectivity index (χ0) is 23.8. The average Bonchev–Trinajstić information content (AvgIpc) is 3.03. The average molecular weight is 485 g/mol. The van der Waals surface area contributed by atoms with Crippen molar-refractivity contribution in [2.45, 2.75) is 51.9 Å². The fourth-order valence-electron chi connectivity index (χ4n) is 5.43. The molecule has 0 unspecified atom stereocenters. The van der Waals surface area contributed by atoms with Gasteiger partial charge in [-0.05, 0) is 44.2 Å². The number of alkyl halides is 2. The third kappa shape index (κ3) is 3.34. The van der Waals surface area contributed by atoms with Gasteiger partial charge >= 0.3 is 6.61 Å². The minimum atomic E-state index is -2.92. The lowest BCUT2D eigenvalue weighted by Gasteiger charge is -2.32. The van der Waals surface area contributed by atoms with Crippen molar-refractivity contribution in [1.29, 1.82) is 0 Å². The molecule has 1 saturated carbocycles. The van der Waals surface area contributed by atoms with E-state index in [-0.39, 0.29) is 24.6 Å². The molecule has 184 valence electrons. The number of fused-ring (bicyclic) bond motifs is 4. The number of nitrogens with zero attached hydrogens (tertiary/aromatic N) is 4. The molecular formula is C25H26F2N4O4. The van der Waals surface area contributed by atoms with Crippen LogP contribution in [0.25, 0.3) is 5.69 Å². The van der Waals surface area contributed by atoms with E-state index in [2.05, 4.69) is 9.72 Å². The molecule has 3 aliphatic rings. The van der Waals surface area contributed by atoms with Gasteiger partial charge in [0.15, 0.2) is 0 Å². The van der Waals surface area contributed by atoms with Gasteiger partial charge in [-0.2, -0.15) is 8.78 Å². The first-order chi connectivity index (χ1) is 16.2. The summed E-state index contributed by atoms with van der Waals surface area (Å²) in [6, 6.07) is 7.99. The van der Waals surface area contributed by atoms with Gasteiger partial charge in [0.25, 0.3) is 11.5 Å². The standard InChI is InChI=1S/C24H22F2N4O4.CH4/c1-14-10-29(13-27-14)17-4-5-18-20(31)28(7-8-30(18)21(17)32)12-24-11-23(24,2)34-19-6-3-15(9-16(19)24)33-22(25)26;/h3-6,9-10,13,22H,7-8,11-12H2,1-2H3;1H4/t23-,24+;/m1./s1. The van der Waals surface area contributed by atoms with E-state index < -0.39 is 17.6 Å². The van der Waals surface area contributed by atoms with Crippen LogP contribution in [-0.4, -0.2) is 50.2 Å². The number of aromatic nitrogens is 3. The summed E-state index contributed by atoms with van der Waals surface area (Å²) in [4.78, 5) is 32.3. The minimum absolute atomic E-state index is 0. The fourth-order valence-corrected chi connectivity index (χ4v) is 5.43. The highest BCUT2D eigenvalue weighted by Crippen LogP contribution is 2.67. The Morgan fingerprint density at radius 3 is 2.71 bits per heavy atom. The number of halogens is 2. The van der Waals surface area contributed by atoms with Crippen molar-refractivity contribution in [1.82, 2.24) is 19.0 Å². The number of carbonyl (C=O) groups is 1. The number of amides is 1. The summed E-state index contributed by atoms with van der Waals surface area (Å²) >= 11 is 0. The summed E-state index contributed by atoms with van der Waals surface area (Å²) < 4.78 is 39.4. The van der Waals surface area contributed by atoms with Gasteiger partial charge in [-0.25, -0.2) is 4.98 Å². The maximum atomic E-state index is 13.4. The molecule has 3 aromatic rings. The first-order valence-electron chi connectivity index (χ1n) is 11.0. The van der Waals surface area contributed by atoms with E-state index >= 15 is 0 Å². The minimum Gasteiger partial charge on any atom is -0.486 e. The van der Waals surface area contributed by atoms with E-state index in [9.17, 15) is 18.4 Å². The second-order valence-electron chi connectivity index (χ2n) is 9.34. The third-order valence-corrected chi connectivity index (χ3v) is 7.26. The normalized spacial score (nSPS) is 23.8. The predicted molar refractivity (Wildman–Crippen MR) is 124 cm³/mol. The molecule has 10 heteroatoms. The van der Waals surface area contributed by atoms with E-state index in [0.29, 0.717) is 43.2 Å². The number of ether oxygens (including phenoxy) is 2. The number of pyridine rings is 1. The Morgan fingerprint density at radius 1 is 1.20 bits per heavy atom. The Morgan fingerprint density at radius 2 is 2.00 bits per heavy atom. The van der Waals surface area contributed by atoms with Crippen molar-refractivity contribution >= 4 is 5.91 Å². The molecule has 2 aliphatic heterocycles. The van der Waals surface area contributed by atoms with Gasteiger partial charge in [-0.3, -0.25) is 9.59 Å². The molecule has 8 nitrogen and oxygen atoms in total. The Balaban J connectivity index is 0.00000253. The molecule has 4 heterocycles. The number of imidazole rings is 1. The van der Waals surface area contributed by atoms with Crippen LogP contribution in [0, 0.1) is 6.92 Å². The lowest BCUT2D eigenvalue weighted by Crippen LogP contribution is -2.48. The molecule has 0 spiro atoms. The third-order valence-electron chi connectivity index (χ3n) is 7.26. The second-order valence-corrected chi connectivity index (χ2v) is 9.34. The number of aryl methyl sites for hydroxylation is 1. The molecule has 2 atom stereocenters. The molecule has 1 fully saturated rings. The highest BCUT2D eigenvalue weighted by atomic mass is 19.3.